The van der Waals surface area contributed by atoms with Crippen LogP contribution in [0.15, 0.2) is 12.2 Å². The van der Waals surface area contributed by atoms with Crippen LogP contribution in [-0.4, -0.2) is 23.1 Å². The first-order chi connectivity index (χ1) is 23.6. The third-order valence-electron chi connectivity index (χ3n) is 9.97. The second-order valence-electron chi connectivity index (χ2n) is 14.9. The largest absolute Gasteiger partial charge is 0.481 e. The van der Waals surface area contributed by atoms with Gasteiger partial charge in [-0.2, -0.15) is 0 Å². The number of ether oxygens (including phenoxy) is 1. The molecule has 0 aliphatic rings. The predicted octanol–water partition coefficient (Wildman–Crippen LogP) is 15.0. The molecule has 1 unspecified atom stereocenters. The van der Waals surface area contributed by atoms with Gasteiger partial charge in [-0.15, -0.1) is 0 Å². The molecule has 0 rings (SSSR count). The molecule has 0 aliphatic heterocycles. The smallest absolute Gasteiger partial charge is 0.306 e. The van der Waals surface area contributed by atoms with Crippen molar-refractivity contribution < 1.29 is 19.4 Å². The minimum absolute atomic E-state index is 0.0309. The molecule has 0 fully saturated rings. The van der Waals surface area contributed by atoms with Crippen molar-refractivity contribution in [3.63, 3.8) is 0 Å². The van der Waals surface area contributed by atoms with Crippen molar-refractivity contribution in [1.82, 2.24) is 0 Å². The highest BCUT2D eigenvalue weighted by molar-refractivity contribution is 5.69. The zero-order valence-corrected chi connectivity index (χ0v) is 32.6. The van der Waals surface area contributed by atoms with Crippen molar-refractivity contribution in [3.05, 3.63) is 12.2 Å². The fourth-order valence-electron chi connectivity index (χ4n) is 6.74. The van der Waals surface area contributed by atoms with Gasteiger partial charge in [-0.3, -0.25) is 9.59 Å². The summed E-state index contributed by atoms with van der Waals surface area (Å²) in [6.45, 7) is 4.56. The average Bonchev–Trinajstić information content (AvgIpc) is 3.07. The molecule has 0 aromatic rings. The van der Waals surface area contributed by atoms with Crippen LogP contribution in [0.4, 0.5) is 0 Å². The van der Waals surface area contributed by atoms with Crippen LogP contribution < -0.4 is 0 Å². The fourth-order valence-corrected chi connectivity index (χ4v) is 6.74. The first kappa shape index (κ1) is 46.7. The van der Waals surface area contributed by atoms with E-state index in [1.165, 1.54) is 161 Å². The molecule has 48 heavy (non-hydrogen) atoms. The molecule has 0 saturated heterocycles. The molecule has 0 aromatic carbocycles. The molecule has 0 spiro atoms. The van der Waals surface area contributed by atoms with Gasteiger partial charge in [-0.25, -0.2) is 0 Å². The number of carboxylic acid groups (broad SMARTS) is 1. The molecule has 284 valence electrons. The molecule has 0 heterocycles. The molecule has 4 nitrogen and oxygen atoms in total. The molecular formula is C44H84O4. The van der Waals surface area contributed by atoms with Crippen molar-refractivity contribution in [2.45, 2.75) is 258 Å². The van der Waals surface area contributed by atoms with Gasteiger partial charge in [0.2, 0.25) is 0 Å². The number of rotatable bonds is 40. The normalized spacial score (nSPS) is 12.2. The SMILES string of the molecule is CCCCCCCCC/C=C\C(CCCCCCCCC(=O)O)OC(=O)CCCCCCCCCCCCCCCCCCCCCC. The lowest BCUT2D eigenvalue weighted by molar-refractivity contribution is -0.147. The van der Waals surface area contributed by atoms with Crippen molar-refractivity contribution in [3.8, 4) is 0 Å². The molecule has 0 saturated carbocycles. The van der Waals surface area contributed by atoms with E-state index in [1.54, 1.807) is 0 Å². The number of aliphatic carboxylic acids is 1. The summed E-state index contributed by atoms with van der Waals surface area (Å²) >= 11 is 0. The minimum Gasteiger partial charge on any atom is -0.481 e. The third kappa shape index (κ3) is 39.1. The van der Waals surface area contributed by atoms with Crippen LogP contribution in [-0.2, 0) is 14.3 Å². The number of unbranched alkanes of at least 4 members (excludes halogenated alkanes) is 31. The Morgan fingerprint density at radius 3 is 1.19 bits per heavy atom. The number of carbonyl (C=O) groups excluding carboxylic acids is 1. The Kier molecular flexibility index (Phi) is 39.0. The fraction of sp³-hybridized carbons (Fsp3) is 0.909. The van der Waals surface area contributed by atoms with E-state index in [1.807, 2.05) is 0 Å². The maximum absolute atomic E-state index is 12.7. The summed E-state index contributed by atoms with van der Waals surface area (Å²) < 4.78 is 5.94. The molecule has 0 amide bonds. The number of allylic oxidation sites excluding steroid dienone is 1. The first-order valence-corrected chi connectivity index (χ1v) is 21.7. The standard InChI is InChI=1S/C44H84O4/c1-3-5-7-9-11-13-14-15-16-17-18-19-20-21-22-23-25-27-33-37-41-44(47)48-42(38-34-30-26-24-12-10-8-6-4-2)39-35-31-28-29-32-36-40-43(45)46/h34,38,42H,3-33,35-37,39-41H2,1-2H3,(H,45,46)/b38-34-. The topological polar surface area (TPSA) is 63.6 Å². The van der Waals surface area contributed by atoms with E-state index < -0.39 is 5.97 Å². The first-order valence-electron chi connectivity index (χ1n) is 21.7. The molecule has 0 radical (unpaired) electrons. The van der Waals surface area contributed by atoms with E-state index in [0.717, 1.165) is 64.2 Å². The van der Waals surface area contributed by atoms with Crippen molar-refractivity contribution >= 4 is 11.9 Å². The lowest BCUT2D eigenvalue weighted by Gasteiger charge is -2.15. The molecule has 0 aromatic heterocycles. The highest BCUT2D eigenvalue weighted by Crippen LogP contribution is 2.17. The van der Waals surface area contributed by atoms with Gasteiger partial charge in [0, 0.05) is 12.8 Å². The number of carboxylic acids is 1. The van der Waals surface area contributed by atoms with Crippen LogP contribution in [0.5, 0.6) is 0 Å². The highest BCUT2D eigenvalue weighted by atomic mass is 16.5. The van der Waals surface area contributed by atoms with Crippen LogP contribution in [0, 0.1) is 0 Å². The van der Waals surface area contributed by atoms with Gasteiger partial charge in [0.25, 0.3) is 0 Å². The Balaban J connectivity index is 3.90. The van der Waals surface area contributed by atoms with Gasteiger partial charge in [0.05, 0.1) is 0 Å². The Morgan fingerprint density at radius 1 is 0.458 bits per heavy atom. The van der Waals surface area contributed by atoms with Crippen molar-refractivity contribution in [2.24, 2.45) is 0 Å². The summed E-state index contributed by atoms with van der Waals surface area (Å²) in [5.41, 5.74) is 0. The monoisotopic (exact) mass is 677 g/mol. The van der Waals surface area contributed by atoms with E-state index in [0.29, 0.717) is 6.42 Å². The van der Waals surface area contributed by atoms with Gasteiger partial charge in [-0.1, -0.05) is 206 Å². The summed E-state index contributed by atoms with van der Waals surface area (Å²) in [5, 5.41) is 8.79. The Bertz CT molecular complexity index is 687. The second-order valence-corrected chi connectivity index (χ2v) is 14.9. The summed E-state index contributed by atoms with van der Waals surface area (Å²) in [6, 6.07) is 0. The third-order valence-corrected chi connectivity index (χ3v) is 9.97. The molecule has 1 atom stereocenters. The predicted molar refractivity (Wildman–Crippen MR) is 209 cm³/mol. The molecule has 0 bridgehead atoms. The lowest BCUT2D eigenvalue weighted by Crippen LogP contribution is -2.16. The minimum atomic E-state index is -0.696. The molecular weight excluding hydrogens is 592 g/mol. The van der Waals surface area contributed by atoms with Crippen LogP contribution >= 0.6 is 0 Å². The van der Waals surface area contributed by atoms with Gasteiger partial charge < -0.3 is 9.84 Å². The van der Waals surface area contributed by atoms with Gasteiger partial charge >= 0.3 is 11.9 Å². The van der Waals surface area contributed by atoms with Crippen LogP contribution in [0.25, 0.3) is 0 Å². The number of hydrogen-bond donors (Lipinski definition) is 1. The lowest BCUT2D eigenvalue weighted by atomic mass is 10.0. The molecule has 1 N–H and O–H groups in total. The van der Waals surface area contributed by atoms with Crippen LogP contribution in [0.2, 0.25) is 0 Å². The summed E-state index contributed by atoms with van der Waals surface area (Å²) in [7, 11) is 0. The van der Waals surface area contributed by atoms with E-state index in [-0.39, 0.29) is 18.5 Å². The van der Waals surface area contributed by atoms with Crippen molar-refractivity contribution in [2.75, 3.05) is 0 Å². The molecule has 0 aliphatic carbocycles. The summed E-state index contributed by atoms with van der Waals surface area (Å²) in [4.78, 5) is 23.3. The highest BCUT2D eigenvalue weighted by Gasteiger charge is 2.11. The number of esters is 1. The average molecular weight is 677 g/mol. The zero-order chi connectivity index (χ0) is 35.0. The maximum Gasteiger partial charge on any atom is 0.306 e. The van der Waals surface area contributed by atoms with Crippen LogP contribution in [0.1, 0.15) is 251 Å². The van der Waals surface area contributed by atoms with E-state index in [2.05, 4.69) is 26.0 Å². The van der Waals surface area contributed by atoms with Gasteiger partial charge in [0.15, 0.2) is 0 Å². The molecule has 4 heteroatoms. The summed E-state index contributed by atoms with van der Waals surface area (Å²) in [5.74, 6) is -0.727. The van der Waals surface area contributed by atoms with Crippen LogP contribution in [0.3, 0.4) is 0 Å². The Morgan fingerprint density at radius 2 is 0.792 bits per heavy atom. The number of carbonyl (C=O) groups is 2. The van der Waals surface area contributed by atoms with E-state index >= 15 is 0 Å². The van der Waals surface area contributed by atoms with Gasteiger partial charge in [0.1, 0.15) is 6.10 Å². The zero-order valence-electron chi connectivity index (χ0n) is 32.6. The van der Waals surface area contributed by atoms with Gasteiger partial charge in [-0.05, 0) is 44.6 Å². The maximum atomic E-state index is 12.7. The summed E-state index contributed by atoms with van der Waals surface area (Å²) in [6.07, 6.45) is 49.8. The van der Waals surface area contributed by atoms with Crippen molar-refractivity contribution in [1.29, 1.82) is 0 Å². The van der Waals surface area contributed by atoms with E-state index in [9.17, 15) is 9.59 Å². The quantitative estimate of drug-likeness (QED) is 0.0398. The Hall–Kier alpha value is -1.32. The number of hydrogen-bond acceptors (Lipinski definition) is 3. The Labute approximate surface area is 300 Å². The second kappa shape index (κ2) is 40.1. The van der Waals surface area contributed by atoms with E-state index in [4.69, 9.17) is 9.84 Å².